The number of aryl methyl sites for hydroxylation is 1. The van der Waals surface area contributed by atoms with E-state index in [0.29, 0.717) is 0 Å². The molecule has 0 aromatic heterocycles. The van der Waals surface area contributed by atoms with Crippen LogP contribution in [0, 0.1) is 6.92 Å². The van der Waals surface area contributed by atoms with E-state index < -0.39 is 27.5 Å². The van der Waals surface area contributed by atoms with Crippen LogP contribution in [0.5, 0.6) is 0 Å². The average molecular weight is 328 g/mol. The highest BCUT2D eigenvalue weighted by atomic mass is 32.2. The lowest BCUT2D eigenvalue weighted by atomic mass is 10.2. The Balaban J connectivity index is 2.86. The van der Waals surface area contributed by atoms with Gasteiger partial charge >= 0.3 is 11.9 Å². The first-order chi connectivity index (χ1) is 10.3. The van der Waals surface area contributed by atoms with Crippen LogP contribution in [0.4, 0.5) is 0 Å². The molecular formula is C13H16N2O6S. The number of nitrogens with one attached hydrogen (secondary N) is 2. The first kappa shape index (κ1) is 17.7. The average Bonchev–Trinajstić information content (AvgIpc) is 2.50. The molecule has 9 heteroatoms. The number of carbonyl (C=O) groups excluding carboxylic acids is 2. The van der Waals surface area contributed by atoms with Crippen molar-refractivity contribution >= 4 is 22.0 Å². The highest BCUT2D eigenvalue weighted by molar-refractivity contribution is 7.89. The lowest BCUT2D eigenvalue weighted by Gasteiger charge is -2.08. The van der Waals surface area contributed by atoms with Crippen molar-refractivity contribution in [3.8, 4) is 0 Å². The van der Waals surface area contributed by atoms with Crippen molar-refractivity contribution in [3.63, 3.8) is 0 Å². The van der Waals surface area contributed by atoms with Crippen molar-refractivity contribution in [2.45, 2.75) is 11.8 Å². The Labute approximate surface area is 128 Å². The maximum Gasteiger partial charge on any atom is 0.346 e. The zero-order chi connectivity index (χ0) is 16.8. The summed E-state index contributed by atoms with van der Waals surface area (Å²) in [5, 5.41) is 0. The second kappa shape index (κ2) is 7.57. The van der Waals surface area contributed by atoms with Crippen LogP contribution < -0.4 is 10.3 Å². The Kier molecular flexibility index (Phi) is 6.08. The molecule has 0 radical (unpaired) electrons. The molecule has 0 spiro atoms. The highest BCUT2D eigenvalue weighted by Crippen LogP contribution is 2.09. The van der Waals surface area contributed by atoms with Crippen LogP contribution in [-0.2, 0) is 29.1 Å². The summed E-state index contributed by atoms with van der Waals surface area (Å²) in [5.41, 5.74) is 2.59. The van der Waals surface area contributed by atoms with Crippen LogP contribution >= 0.6 is 0 Å². The molecule has 0 fully saturated rings. The molecule has 0 saturated carbocycles. The summed E-state index contributed by atoms with van der Waals surface area (Å²) in [4.78, 5) is 24.8. The zero-order valence-electron chi connectivity index (χ0n) is 12.2. The molecule has 0 aliphatic heterocycles. The van der Waals surface area contributed by atoms with E-state index in [1.807, 2.05) is 11.8 Å². The van der Waals surface area contributed by atoms with Gasteiger partial charge in [0.15, 0.2) is 5.57 Å². The third-order valence-corrected chi connectivity index (χ3v) is 3.83. The van der Waals surface area contributed by atoms with E-state index in [1.165, 1.54) is 12.1 Å². The van der Waals surface area contributed by atoms with Crippen molar-refractivity contribution in [2.24, 2.45) is 0 Å². The minimum absolute atomic E-state index is 0.0247. The quantitative estimate of drug-likeness (QED) is 0.249. The Morgan fingerprint density at radius 2 is 1.55 bits per heavy atom. The number of esters is 2. The number of benzene rings is 1. The van der Waals surface area contributed by atoms with Gasteiger partial charge in [-0.1, -0.05) is 17.7 Å². The van der Waals surface area contributed by atoms with Gasteiger partial charge in [-0.25, -0.2) is 18.0 Å². The fourth-order valence-corrected chi connectivity index (χ4v) is 2.20. The molecular weight excluding hydrogens is 312 g/mol. The molecule has 1 rings (SSSR count). The number of hydrogen-bond donors (Lipinski definition) is 2. The lowest BCUT2D eigenvalue weighted by Crippen LogP contribution is -2.35. The number of carbonyl (C=O) groups is 2. The fourth-order valence-electron chi connectivity index (χ4n) is 1.38. The molecule has 1 aromatic carbocycles. The molecule has 2 N–H and O–H groups in total. The molecule has 120 valence electrons. The summed E-state index contributed by atoms with van der Waals surface area (Å²) < 4.78 is 32.7. The molecule has 0 bridgehead atoms. The number of ether oxygens (including phenoxy) is 2. The minimum Gasteiger partial charge on any atom is -0.465 e. The first-order valence-corrected chi connectivity index (χ1v) is 7.51. The second-order valence-corrected chi connectivity index (χ2v) is 5.79. The van der Waals surface area contributed by atoms with Gasteiger partial charge in [-0.2, -0.15) is 0 Å². The van der Waals surface area contributed by atoms with Gasteiger partial charge in [0.05, 0.1) is 19.1 Å². The Bertz CT molecular complexity index is 661. The number of hydrogen-bond acceptors (Lipinski definition) is 7. The van der Waals surface area contributed by atoms with E-state index in [-0.39, 0.29) is 4.90 Å². The van der Waals surface area contributed by atoms with Gasteiger partial charge in [0.25, 0.3) is 10.0 Å². The summed E-state index contributed by atoms with van der Waals surface area (Å²) in [6.45, 7) is 1.82. The van der Waals surface area contributed by atoms with Crippen molar-refractivity contribution in [2.75, 3.05) is 14.2 Å². The topological polar surface area (TPSA) is 111 Å². The van der Waals surface area contributed by atoms with E-state index in [2.05, 4.69) is 14.9 Å². The van der Waals surface area contributed by atoms with Crippen LogP contribution in [0.15, 0.2) is 40.9 Å². The van der Waals surface area contributed by atoms with Crippen LogP contribution in [0.3, 0.4) is 0 Å². The third-order valence-electron chi connectivity index (χ3n) is 2.55. The SMILES string of the molecule is COC(=O)C(=CNNS(=O)(=O)c1ccc(C)cc1)C(=O)OC. The molecule has 0 amide bonds. The standard InChI is InChI=1S/C13H16N2O6S/c1-9-4-6-10(7-5-9)22(18,19)15-14-8-11(12(16)20-2)13(17)21-3/h4-8,14-15H,1-3H3. The van der Waals surface area contributed by atoms with Crippen molar-refractivity contribution in [3.05, 3.63) is 41.6 Å². The van der Waals surface area contributed by atoms with Gasteiger partial charge in [-0.05, 0) is 19.1 Å². The van der Waals surface area contributed by atoms with Gasteiger partial charge in [0.2, 0.25) is 0 Å². The van der Waals surface area contributed by atoms with Crippen molar-refractivity contribution in [1.29, 1.82) is 0 Å². The predicted octanol–water partition coefficient (Wildman–Crippen LogP) is 0.00782. The maximum atomic E-state index is 12.0. The van der Waals surface area contributed by atoms with Gasteiger partial charge < -0.3 is 14.9 Å². The number of hydrazine groups is 1. The van der Waals surface area contributed by atoms with Gasteiger partial charge in [-0.15, -0.1) is 4.83 Å². The van der Waals surface area contributed by atoms with Crippen LogP contribution in [0.1, 0.15) is 5.56 Å². The van der Waals surface area contributed by atoms with E-state index >= 15 is 0 Å². The molecule has 0 heterocycles. The van der Waals surface area contributed by atoms with E-state index in [4.69, 9.17) is 0 Å². The minimum atomic E-state index is -3.85. The molecule has 8 nitrogen and oxygen atoms in total. The summed E-state index contributed by atoms with van der Waals surface area (Å²) in [7, 11) is -1.69. The summed E-state index contributed by atoms with van der Waals surface area (Å²) >= 11 is 0. The normalized spacial score (nSPS) is 10.5. The Morgan fingerprint density at radius 3 is 2.00 bits per heavy atom. The molecule has 1 aromatic rings. The largest absolute Gasteiger partial charge is 0.465 e. The smallest absolute Gasteiger partial charge is 0.346 e. The Morgan fingerprint density at radius 1 is 1.05 bits per heavy atom. The summed E-state index contributed by atoms with van der Waals surface area (Å²) in [6.07, 6.45) is 0.851. The Hall–Kier alpha value is -2.39. The first-order valence-electron chi connectivity index (χ1n) is 6.02. The molecule has 0 aliphatic carbocycles. The van der Waals surface area contributed by atoms with Crippen LogP contribution in [0.25, 0.3) is 0 Å². The van der Waals surface area contributed by atoms with Crippen LogP contribution in [-0.4, -0.2) is 34.6 Å². The van der Waals surface area contributed by atoms with Crippen molar-refractivity contribution in [1.82, 2.24) is 10.3 Å². The highest BCUT2D eigenvalue weighted by Gasteiger charge is 2.20. The van der Waals surface area contributed by atoms with E-state index in [0.717, 1.165) is 26.0 Å². The number of sulfonamides is 1. The zero-order valence-corrected chi connectivity index (χ0v) is 13.1. The monoisotopic (exact) mass is 328 g/mol. The number of rotatable bonds is 6. The third kappa shape index (κ3) is 4.57. The van der Waals surface area contributed by atoms with Gasteiger partial charge in [0, 0.05) is 6.20 Å². The van der Waals surface area contributed by atoms with Gasteiger partial charge in [-0.3, -0.25) is 0 Å². The van der Waals surface area contributed by atoms with Crippen molar-refractivity contribution < 1.29 is 27.5 Å². The predicted molar refractivity (Wildman–Crippen MR) is 76.8 cm³/mol. The molecule has 0 atom stereocenters. The summed E-state index contributed by atoms with van der Waals surface area (Å²) in [6, 6.07) is 6.12. The molecule has 0 unspecified atom stereocenters. The molecule has 0 saturated heterocycles. The lowest BCUT2D eigenvalue weighted by molar-refractivity contribution is -0.144. The second-order valence-electron chi connectivity index (χ2n) is 4.10. The molecule has 22 heavy (non-hydrogen) atoms. The van der Waals surface area contributed by atoms with E-state index in [9.17, 15) is 18.0 Å². The number of methoxy groups -OCH3 is 2. The van der Waals surface area contributed by atoms with Crippen LogP contribution in [0.2, 0.25) is 0 Å². The van der Waals surface area contributed by atoms with Gasteiger partial charge in [0.1, 0.15) is 0 Å². The summed E-state index contributed by atoms with van der Waals surface area (Å²) in [5.74, 6) is -1.93. The maximum absolute atomic E-state index is 12.0. The van der Waals surface area contributed by atoms with E-state index in [1.54, 1.807) is 12.1 Å². The fraction of sp³-hybridized carbons (Fsp3) is 0.231. The molecule has 0 aliphatic rings.